The fraction of sp³-hybridized carbons (Fsp3) is 0.250. The van der Waals surface area contributed by atoms with Crippen LogP contribution in [0.4, 0.5) is 0 Å². The molecule has 0 fully saturated rings. The normalized spacial score (nSPS) is 4.11. The third kappa shape index (κ3) is 924. The standard InChI is InChI=1S/C2H4O2.CH2O2.CH2O/c1-4-2-3;2-1-3;1-2/h2H,1H3;1H,(H,2,3);1H2. The molecule has 0 saturated heterocycles. The number of rotatable bonds is 1. The number of hydrogen-bond acceptors (Lipinski definition) is 4. The van der Waals surface area contributed by atoms with Crippen molar-refractivity contribution in [1.82, 2.24) is 0 Å². The summed E-state index contributed by atoms with van der Waals surface area (Å²) in [5, 5.41) is 6.89. The number of ether oxygens (including phenoxy) is 1. The Labute approximate surface area is 52.2 Å². The minimum atomic E-state index is -0.250. The lowest BCUT2D eigenvalue weighted by molar-refractivity contribution is -0.126. The molecular weight excluding hydrogens is 128 g/mol. The molecule has 0 aliphatic rings. The lowest BCUT2D eigenvalue weighted by Crippen LogP contribution is -1.68. The topological polar surface area (TPSA) is 80.7 Å². The Hall–Kier alpha value is -1.39. The highest BCUT2D eigenvalue weighted by Crippen LogP contribution is 1.35. The molecule has 0 saturated carbocycles. The zero-order valence-electron chi connectivity index (χ0n) is 4.94. The van der Waals surface area contributed by atoms with Crippen LogP contribution in [-0.2, 0) is 19.1 Å². The van der Waals surface area contributed by atoms with Crippen molar-refractivity contribution in [1.29, 1.82) is 0 Å². The van der Waals surface area contributed by atoms with Gasteiger partial charge in [0.25, 0.3) is 12.9 Å². The van der Waals surface area contributed by atoms with E-state index < -0.39 is 0 Å². The highest BCUT2D eigenvalue weighted by molar-refractivity contribution is 5.36. The first-order valence-corrected chi connectivity index (χ1v) is 1.66. The van der Waals surface area contributed by atoms with Gasteiger partial charge in [0.2, 0.25) is 0 Å². The molecule has 0 bridgehead atoms. The first-order valence-electron chi connectivity index (χ1n) is 1.66. The summed E-state index contributed by atoms with van der Waals surface area (Å²) in [5.41, 5.74) is 0. The summed E-state index contributed by atoms with van der Waals surface area (Å²) in [6.45, 7) is 2.12. The van der Waals surface area contributed by atoms with Crippen LogP contribution < -0.4 is 0 Å². The lowest BCUT2D eigenvalue weighted by atomic mass is 11.5. The van der Waals surface area contributed by atoms with Crippen LogP contribution in [0.5, 0.6) is 0 Å². The molecule has 54 valence electrons. The van der Waals surface area contributed by atoms with Crippen molar-refractivity contribution >= 4 is 19.7 Å². The molecule has 0 rings (SSSR count). The van der Waals surface area contributed by atoms with Crippen molar-refractivity contribution in [3.05, 3.63) is 0 Å². The molecule has 1 N–H and O–H groups in total. The molecule has 5 nitrogen and oxygen atoms in total. The molecule has 0 aromatic rings. The lowest BCUT2D eigenvalue weighted by Gasteiger charge is -1.67. The number of carbonyl (C=O) groups is 3. The Balaban J connectivity index is -0.0000000646. The van der Waals surface area contributed by atoms with E-state index >= 15 is 0 Å². The van der Waals surface area contributed by atoms with Gasteiger partial charge in [-0.15, -0.1) is 0 Å². The van der Waals surface area contributed by atoms with Crippen LogP contribution in [-0.4, -0.2) is 31.9 Å². The second kappa shape index (κ2) is 80.3. The van der Waals surface area contributed by atoms with Crippen LogP contribution in [0, 0.1) is 0 Å². The van der Waals surface area contributed by atoms with E-state index in [1.54, 1.807) is 0 Å². The zero-order chi connectivity index (χ0) is 8.12. The highest BCUT2D eigenvalue weighted by atomic mass is 16.5. The smallest absolute Gasteiger partial charge is 0.292 e. The van der Waals surface area contributed by atoms with Gasteiger partial charge in [-0.1, -0.05) is 0 Å². The molecule has 0 spiro atoms. The summed E-state index contributed by atoms with van der Waals surface area (Å²) in [4.78, 5) is 25.3. The van der Waals surface area contributed by atoms with Gasteiger partial charge in [0.15, 0.2) is 0 Å². The van der Waals surface area contributed by atoms with Gasteiger partial charge in [0, 0.05) is 0 Å². The summed E-state index contributed by atoms with van der Waals surface area (Å²) >= 11 is 0. The van der Waals surface area contributed by atoms with Crippen LogP contribution >= 0.6 is 0 Å². The van der Waals surface area contributed by atoms with Gasteiger partial charge in [-0.25, -0.2) is 0 Å². The fourth-order valence-corrected chi connectivity index (χ4v) is 0. The maximum atomic E-state index is 8.95. The number of carbonyl (C=O) groups excluding carboxylic acids is 2. The van der Waals surface area contributed by atoms with E-state index in [-0.39, 0.29) is 6.47 Å². The number of methoxy groups -OCH3 is 1. The third-order valence-corrected chi connectivity index (χ3v) is 0.0962. The molecule has 0 radical (unpaired) electrons. The molecule has 5 heteroatoms. The van der Waals surface area contributed by atoms with Crippen LogP contribution in [0.3, 0.4) is 0 Å². The predicted octanol–water partition coefficient (Wildman–Crippen LogP) is -0.695. The maximum absolute atomic E-state index is 8.95. The van der Waals surface area contributed by atoms with Crippen LogP contribution in [0.2, 0.25) is 0 Å². The van der Waals surface area contributed by atoms with Crippen molar-refractivity contribution < 1.29 is 24.2 Å². The van der Waals surface area contributed by atoms with E-state index in [1.165, 1.54) is 7.11 Å². The minimum absolute atomic E-state index is 0.250. The van der Waals surface area contributed by atoms with E-state index in [9.17, 15) is 0 Å². The molecule has 0 aliphatic carbocycles. The van der Waals surface area contributed by atoms with E-state index in [0.29, 0.717) is 6.47 Å². The fourth-order valence-electron chi connectivity index (χ4n) is 0. The van der Waals surface area contributed by atoms with Gasteiger partial charge in [-0.2, -0.15) is 0 Å². The van der Waals surface area contributed by atoms with Gasteiger partial charge in [-0.3, -0.25) is 9.59 Å². The van der Waals surface area contributed by atoms with E-state index in [0.717, 1.165) is 0 Å². The molecule has 0 aromatic carbocycles. The Bertz CT molecular complexity index is 52.9. The molecule has 0 heterocycles. The van der Waals surface area contributed by atoms with Gasteiger partial charge >= 0.3 is 0 Å². The van der Waals surface area contributed by atoms with Gasteiger partial charge < -0.3 is 14.6 Å². The molecule has 0 aromatic heterocycles. The van der Waals surface area contributed by atoms with E-state index in [1.807, 2.05) is 6.79 Å². The average Bonchev–Trinajstić information content (AvgIpc) is 1.94. The predicted molar refractivity (Wildman–Crippen MR) is 28.9 cm³/mol. The molecule has 0 atom stereocenters. The van der Waals surface area contributed by atoms with Crippen molar-refractivity contribution in [2.75, 3.05) is 7.11 Å². The Kier molecular flexibility index (Phi) is 140. The molecule has 0 aliphatic heterocycles. The minimum Gasteiger partial charge on any atom is -0.483 e. The SMILES string of the molecule is C=O.COC=O.O=CO. The summed E-state index contributed by atoms with van der Waals surface area (Å²) in [7, 11) is 1.31. The molecule has 0 amide bonds. The number of carboxylic acid groups (broad SMARTS) is 1. The van der Waals surface area contributed by atoms with Gasteiger partial charge in [0.05, 0.1) is 7.11 Å². The third-order valence-electron chi connectivity index (χ3n) is 0.0962. The van der Waals surface area contributed by atoms with Gasteiger partial charge in [-0.05, 0) is 0 Å². The van der Waals surface area contributed by atoms with E-state index in [4.69, 9.17) is 19.5 Å². The summed E-state index contributed by atoms with van der Waals surface area (Å²) in [6.07, 6.45) is 0. The number of hydrogen-bond donors (Lipinski definition) is 1. The maximum Gasteiger partial charge on any atom is 0.292 e. The van der Waals surface area contributed by atoms with Crippen LogP contribution in [0.15, 0.2) is 0 Å². The highest BCUT2D eigenvalue weighted by Gasteiger charge is 1.44. The van der Waals surface area contributed by atoms with E-state index in [2.05, 4.69) is 4.74 Å². The first kappa shape index (κ1) is 15.6. The summed E-state index contributed by atoms with van der Waals surface area (Å²) in [5.74, 6) is 0. The molecule has 0 unspecified atom stereocenters. The van der Waals surface area contributed by atoms with Crippen molar-refractivity contribution in [3.8, 4) is 0 Å². The monoisotopic (exact) mass is 136 g/mol. The second-order valence-electron chi connectivity index (χ2n) is 0.437. The van der Waals surface area contributed by atoms with Crippen molar-refractivity contribution in [2.24, 2.45) is 0 Å². The van der Waals surface area contributed by atoms with Crippen molar-refractivity contribution in [3.63, 3.8) is 0 Å². The Morgan fingerprint density at radius 1 is 1.44 bits per heavy atom. The van der Waals surface area contributed by atoms with Crippen LogP contribution in [0.25, 0.3) is 0 Å². The Morgan fingerprint density at radius 2 is 1.56 bits per heavy atom. The second-order valence-corrected chi connectivity index (χ2v) is 0.437. The molecular formula is C4H8O5. The van der Waals surface area contributed by atoms with Crippen LogP contribution in [0.1, 0.15) is 0 Å². The zero-order valence-corrected chi connectivity index (χ0v) is 4.94. The van der Waals surface area contributed by atoms with Crippen molar-refractivity contribution in [2.45, 2.75) is 0 Å². The quantitative estimate of drug-likeness (QED) is 0.482. The Morgan fingerprint density at radius 3 is 1.56 bits per heavy atom. The molecule has 9 heavy (non-hydrogen) atoms. The summed E-state index contributed by atoms with van der Waals surface area (Å²) < 4.78 is 3.86. The van der Waals surface area contributed by atoms with Gasteiger partial charge in [0.1, 0.15) is 6.79 Å². The summed E-state index contributed by atoms with van der Waals surface area (Å²) in [6, 6.07) is 0. The largest absolute Gasteiger partial charge is 0.483 e. The first-order chi connectivity index (χ1) is 4.33. The average molecular weight is 136 g/mol.